The largest absolute Gasteiger partial charge is 0.369 e. The second kappa shape index (κ2) is 5.04. The van der Waals surface area contributed by atoms with Crippen molar-refractivity contribution in [2.45, 2.75) is 5.88 Å². The van der Waals surface area contributed by atoms with Gasteiger partial charge in [-0.3, -0.25) is 4.79 Å². The minimum Gasteiger partial charge on any atom is -0.369 e. The Labute approximate surface area is 99.7 Å². The summed E-state index contributed by atoms with van der Waals surface area (Å²) in [4.78, 5) is 45.1. The van der Waals surface area contributed by atoms with Crippen molar-refractivity contribution in [1.82, 2.24) is 13.7 Å². The van der Waals surface area contributed by atoms with E-state index in [0.29, 0.717) is 0 Å². The predicted molar refractivity (Wildman–Crippen MR) is 62.8 cm³/mol. The van der Waals surface area contributed by atoms with E-state index in [9.17, 15) is 19.2 Å². The fraction of sp³-hybridized carbons (Fsp3) is 0.500. The van der Waals surface area contributed by atoms with Crippen molar-refractivity contribution < 1.29 is 4.79 Å². The van der Waals surface area contributed by atoms with Crippen LogP contribution in [0.5, 0.6) is 0 Å². The molecule has 0 spiro atoms. The first-order chi connectivity index (χ1) is 7.86. The molecule has 1 aromatic heterocycles. The molecular formula is C8H12N4O4S. The minimum absolute atomic E-state index is 0.00155. The SMILES string of the molecule is Cn1c(=O)n(C)c(=O)n(CSCC(N)=O)c1=O. The number of carbonyl (C=O) groups excluding carboxylic acids is 1. The standard InChI is InChI=1S/C8H12N4O4S/c1-10-6(14)11(2)8(16)12(7(10)15)4-17-3-5(9)13/h3-4H2,1-2H3,(H2,9,13). The molecule has 0 atom stereocenters. The van der Waals surface area contributed by atoms with E-state index in [0.717, 1.165) is 25.5 Å². The summed E-state index contributed by atoms with van der Waals surface area (Å²) in [5, 5.41) is 0. The lowest BCUT2D eigenvalue weighted by Gasteiger charge is -2.07. The zero-order chi connectivity index (χ0) is 13.2. The number of rotatable bonds is 4. The molecule has 17 heavy (non-hydrogen) atoms. The van der Waals surface area contributed by atoms with Gasteiger partial charge in [-0.1, -0.05) is 0 Å². The number of thioether (sulfide) groups is 1. The number of amides is 1. The van der Waals surface area contributed by atoms with E-state index in [4.69, 9.17) is 5.73 Å². The zero-order valence-corrected chi connectivity index (χ0v) is 10.2. The summed E-state index contributed by atoms with van der Waals surface area (Å²) in [5.41, 5.74) is 2.82. The molecular weight excluding hydrogens is 248 g/mol. The summed E-state index contributed by atoms with van der Waals surface area (Å²) >= 11 is 1.03. The van der Waals surface area contributed by atoms with E-state index in [1.807, 2.05) is 0 Å². The van der Waals surface area contributed by atoms with Crippen LogP contribution in [0.25, 0.3) is 0 Å². The summed E-state index contributed by atoms with van der Waals surface area (Å²) in [6.07, 6.45) is 0. The van der Waals surface area contributed by atoms with Crippen molar-refractivity contribution in [3.05, 3.63) is 31.5 Å². The topological polar surface area (TPSA) is 109 Å². The van der Waals surface area contributed by atoms with Crippen LogP contribution in [0.2, 0.25) is 0 Å². The number of aromatic nitrogens is 3. The Hall–Kier alpha value is -1.77. The van der Waals surface area contributed by atoms with Crippen LogP contribution in [0, 0.1) is 0 Å². The van der Waals surface area contributed by atoms with E-state index >= 15 is 0 Å². The van der Waals surface area contributed by atoms with Crippen LogP contribution in [-0.4, -0.2) is 25.4 Å². The molecule has 0 unspecified atom stereocenters. The highest BCUT2D eigenvalue weighted by atomic mass is 32.2. The number of nitrogens with two attached hydrogens (primary N) is 1. The first-order valence-electron chi connectivity index (χ1n) is 4.59. The predicted octanol–water partition coefficient (Wildman–Crippen LogP) is -2.58. The van der Waals surface area contributed by atoms with E-state index in [1.165, 1.54) is 14.1 Å². The highest BCUT2D eigenvalue weighted by Crippen LogP contribution is 1.98. The molecule has 2 N–H and O–H groups in total. The van der Waals surface area contributed by atoms with Crippen LogP contribution in [0.1, 0.15) is 0 Å². The maximum absolute atomic E-state index is 11.6. The van der Waals surface area contributed by atoms with Crippen molar-refractivity contribution in [3.8, 4) is 0 Å². The van der Waals surface area contributed by atoms with Crippen LogP contribution >= 0.6 is 11.8 Å². The van der Waals surface area contributed by atoms with Crippen LogP contribution in [-0.2, 0) is 24.8 Å². The van der Waals surface area contributed by atoms with Gasteiger partial charge in [-0.15, -0.1) is 11.8 Å². The molecule has 0 bridgehead atoms. The van der Waals surface area contributed by atoms with E-state index in [2.05, 4.69) is 0 Å². The number of hydrogen-bond donors (Lipinski definition) is 1. The molecule has 0 aromatic carbocycles. The van der Waals surface area contributed by atoms with E-state index in [1.54, 1.807) is 0 Å². The summed E-state index contributed by atoms with van der Waals surface area (Å²) in [6, 6.07) is 0. The Morgan fingerprint density at radius 2 is 1.59 bits per heavy atom. The summed E-state index contributed by atoms with van der Waals surface area (Å²) in [6.45, 7) is 0. The summed E-state index contributed by atoms with van der Waals surface area (Å²) < 4.78 is 2.52. The highest BCUT2D eigenvalue weighted by Gasteiger charge is 2.10. The molecule has 0 aliphatic rings. The van der Waals surface area contributed by atoms with Gasteiger partial charge < -0.3 is 5.73 Å². The summed E-state index contributed by atoms with van der Waals surface area (Å²) in [7, 11) is 2.55. The maximum atomic E-state index is 11.6. The average molecular weight is 260 g/mol. The van der Waals surface area contributed by atoms with Crippen LogP contribution in [0.3, 0.4) is 0 Å². The molecule has 0 saturated heterocycles. The second-order valence-corrected chi connectivity index (χ2v) is 4.29. The summed E-state index contributed by atoms with van der Waals surface area (Å²) in [5.74, 6) is -0.564. The number of carbonyl (C=O) groups is 1. The van der Waals surface area contributed by atoms with Gasteiger partial charge in [0.15, 0.2) is 0 Å². The third kappa shape index (κ3) is 2.67. The highest BCUT2D eigenvalue weighted by molar-refractivity contribution is 7.99. The van der Waals surface area contributed by atoms with Gasteiger partial charge in [0, 0.05) is 14.1 Å². The molecule has 1 amide bonds. The maximum Gasteiger partial charge on any atom is 0.336 e. The van der Waals surface area contributed by atoms with Gasteiger partial charge in [-0.2, -0.15) is 0 Å². The van der Waals surface area contributed by atoms with E-state index < -0.39 is 23.0 Å². The van der Waals surface area contributed by atoms with Gasteiger partial charge in [-0.05, 0) is 0 Å². The van der Waals surface area contributed by atoms with Crippen molar-refractivity contribution in [2.24, 2.45) is 19.8 Å². The van der Waals surface area contributed by atoms with Crippen LogP contribution < -0.4 is 22.8 Å². The first kappa shape index (κ1) is 13.3. The minimum atomic E-state index is -0.713. The van der Waals surface area contributed by atoms with Crippen LogP contribution in [0.15, 0.2) is 14.4 Å². The average Bonchev–Trinajstić information content (AvgIpc) is 2.28. The Morgan fingerprint density at radius 3 is 2.00 bits per heavy atom. The second-order valence-electron chi connectivity index (χ2n) is 3.34. The molecule has 0 radical (unpaired) electrons. The molecule has 0 aliphatic heterocycles. The Morgan fingerprint density at radius 1 is 1.12 bits per heavy atom. The number of hydrogen-bond acceptors (Lipinski definition) is 5. The molecule has 94 valence electrons. The van der Waals surface area contributed by atoms with Gasteiger partial charge in [0.1, 0.15) is 0 Å². The molecule has 0 aliphatic carbocycles. The molecule has 1 aromatic rings. The van der Waals surface area contributed by atoms with Crippen molar-refractivity contribution in [3.63, 3.8) is 0 Å². The molecule has 0 fully saturated rings. The van der Waals surface area contributed by atoms with Crippen molar-refractivity contribution in [1.29, 1.82) is 0 Å². The fourth-order valence-corrected chi connectivity index (χ4v) is 1.88. The lowest BCUT2D eigenvalue weighted by atomic mass is 10.8. The van der Waals surface area contributed by atoms with Gasteiger partial charge >= 0.3 is 17.1 Å². The zero-order valence-electron chi connectivity index (χ0n) is 9.37. The van der Waals surface area contributed by atoms with Crippen molar-refractivity contribution in [2.75, 3.05) is 5.75 Å². The molecule has 8 nitrogen and oxygen atoms in total. The first-order valence-corrected chi connectivity index (χ1v) is 5.74. The Balaban J connectivity index is 3.18. The fourth-order valence-electron chi connectivity index (χ4n) is 1.18. The molecule has 9 heteroatoms. The Bertz CT molecular complexity index is 571. The molecule has 0 saturated carbocycles. The Kier molecular flexibility index (Phi) is 3.94. The van der Waals surface area contributed by atoms with Crippen LogP contribution in [0.4, 0.5) is 0 Å². The number of nitrogens with zero attached hydrogens (tertiary/aromatic N) is 3. The smallest absolute Gasteiger partial charge is 0.336 e. The van der Waals surface area contributed by atoms with Gasteiger partial charge in [0.05, 0.1) is 11.6 Å². The lowest BCUT2D eigenvalue weighted by molar-refractivity contribution is -0.115. The third-order valence-corrected chi connectivity index (χ3v) is 3.00. The van der Waals surface area contributed by atoms with Gasteiger partial charge in [-0.25, -0.2) is 28.1 Å². The quantitative estimate of drug-likeness (QED) is 0.639. The van der Waals surface area contributed by atoms with E-state index in [-0.39, 0.29) is 11.6 Å². The van der Waals surface area contributed by atoms with Crippen molar-refractivity contribution >= 4 is 17.7 Å². The normalized spacial score (nSPS) is 10.5. The lowest BCUT2D eigenvalue weighted by Crippen LogP contribution is -2.52. The van der Waals surface area contributed by atoms with Gasteiger partial charge in [0.25, 0.3) is 0 Å². The number of primary amides is 1. The third-order valence-electron chi connectivity index (χ3n) is 2.07. The molecule has 1 heterocycles. The monoisotopic (exact) mass is 260 g/mol. The van der Waals surface area contributed by atoms with Gasteiger partial charge in [0.2, 0.25) is 5.91 Å². The molecule has 1 rings (SSSR count).